The molecule has 0 saturated heterocycles. The molecule has 0 aliphatic rings. The average molecular weight is 712 g/mol. The van der Waals surface area contributed by atoms with E-state index < -0.39 is 22.0 Å². The summed E-state index contributed by atoms with van der Waals surface area (Å²) in [7, 11) is 0. The summed E-state index contributed by atoms with van der Waals surface area (Å²) in [6.45, 7) is 1.76. The van der Waals surface area contributed by atoms with Gasteiger partial charge in [-0.15, -0.1) is 11.8 Å². The van der Waals surface area contributed by atoms with E-state index in [2.05, 4.69) is 16.0 Å². The number of hydrogen-bond acceptors (Lipinski definition) is 6. The van der Waals surface area contributed by atoms with E-state index in [-0.39, 0.29) is 17.3 Å². The summed E-state index contributed by atoms with van der Waals surface area (Å²) < 4.78 is 0. The van der Waals surface area contributed by atoms with E-state index in [4.69, 9.17) is 23.2 Å². The molecule has 1 unspecified atom stereocenters. The molecule has 0 saturated carbocycles. The number of non-ortho nitro benzene ring substituents is 1. The minimum atomic E-state index is -0.702. The number of rotatable bonds is 11. The van der Waals surface area contributed by atoms with Crippen LogP contribution in [0.3, 0.4) is 0 Å². The van der Waals surface area contributed by atoms with E-state index >= 15 is 0 Å². The van der Waals surface area contributed by atoms with E-state index in [1.807, 2.05) is 30.3 Å². The molecule has 0 aromatic heterocycles. The molecule has 5 aromatic rings. The van der Waals surface area contributed by atoms with Gasteiger partial charge in [0.2, 0.25) is 5.91 Å². The number of thioether (sulfide) groups is 1. The van der Waals surface area contributed by atoms with Crippen molar-refractivity contribution in [2.75, 3.05) is 10.6 Å². The van der Waals surface area contributed by atoms with Crippen LogP contribution in [0.25, 0.3) is 6.08 Å². The molecule has 3 amide bonds. The zero-order valence-corrected chi connectivity index (χ0v) is 28.2. The molecule has 1 atom stereocenters. The predicted molar refractivity (Wildman–Crippen MR) is 195 cm³/mol. The van der Waals surface area contributed by atoms with Gasteiger partial charge in [0, 0.05) is 38.3 Å². The monoisotopic (exact) mass is 710 g/mol. The fourth-order valence-corrected chi connectivity index (χ4v) is 6.11. The number of anilines is 2. The van der Waals surface area contributed by atoms with Crippen molar-refractivity contribution in [1.82, 2.24) is 5.32 Å². The van der Waals surface area contributed by atoms with Crippen LogP contribution in [0, 0.1) is 17.0 Å². The minimum Gasteiger partial charge on any atom is -0.324 e. The van der Waals surface area contributed by atoms with Gasteiger partial charge < -0.3 is 16.0 Å². The molecule has 0 radical (unpaired) electrons. The number of aryl methyl sites for hydroxylation is 1. The summed E-state index contributed by atoms with van der Waals surface area (Å²) in [5.41, 5.74) is 2.86. The Balaban J connectivity index is 1.35. The molecular weight excluding hydrogens is 683 g/mol. The number of hydrogen-bond donors (Lipinski definition) is 3. The van der Waals surface area contributed by atoms with Crippen LogP contribution in [-0.2, 0) is 9.59 Å². The highest BCUT2D eigenvalue weighted by molar-refractivity contribution is 8.00. The topological polar surface area (TPSA) is 130 Å². The van der Waals surface area contributed by atoms with Crippen LogP contribution in [0.5, 0.6) is 0 Å². The molecule has 5 rings (SSSR count). The predicted octanol–water partition coefficient (Wildman–Crippen LogP) is 9.09. The lowest BCUT2D eigenvalue weighted by molar-refractivity contribution is -0.384. The van der Waals surface area contributed by atoms with Gasteiger partial charge in [0.1, 0.15) is 10.9 Å². The number of benzene rings is 5. The molecule has 0 aliphatic carbocycles. The maximum atomic E-state index is 13.6. The van der Waals surface area contributed by atoms with Crippen LogP contribution in [0.15, 0.2) is 132 Å². The van der Waals surface area contributed by atoms with Crippen molar-refractivity contribution < 1.29 is 19.3 Å². The maximum Gasteiger partial charge on any atom is 0.272 e. The van der Waals surface area contributed by atoms with Crippen LogP contribution in [0.2, 0.25) is 10.0 Å². The largest absolute Gasteiger partial charge is 0.324 e. The highest BCUT2D eigenvalue weighted by Gasteiger charge is 2.24. The Morgan fingerprint density at radius 3 is 2.14 bits per heavy atom. The highest BCUT2D eigenvalue weighted by Crippen LogP contribution is 2.37. The van der Waals surface area contributed by atoms with Gasteiger partial charge in [-0.05, 0) is 78.2 Å². The Kier molecular flexibility index (Phi) is 11.5. The number of halogens is 2. The molecular formula is C37H28Cl2N4O5S. The van der Waals surface area contributed by atoms with Gasteiger partial charge >= 0.3 is 0 Å². The number of nitro groups is 1. The van der Waals surface area contributed by atoms with Crippen molar-refractivity contribution in [3.05, 3.63) is 169 Å². The highest BCUT2D eigenvalue weighted by atomic mass is 35.5. The van der Waals surface area contributed by atoms with Gasteiger partial charge in [-0.2, -0.15) is 0 Å². The SMILES string of the molecule is Cc1ccc([N+](=O)[O-])cc1NC(=O)C(Sc1ccc(NC(=O)/C(=C/c2ccc(Cl)cc2Cl)NC(=O)c2ccccc2)cc1)c1ccccc1. The fourth-order valence-electron chi connectivity index (χ4n) is 4.63. The lowest BCUT2D eigenvalue weighted by atomic mass is 10.1. The quantitative estimate of drug-likeness (QED) is 0.0543. The Bertz CT molecular complexity index is 2040. The summed E-state index contributed by atoms with van der Waals surface area (Å²) in [5.74, 6) is -1.43. The smallest absolute Gasteiger partial charge is 0.272 e. The van der Waals surface area contributed by atoms with Crippen molar-refractivity contribution in [1.29, 1.82) is 0 Å². The van der Waals surface area contributed by atoms with Crippen LogP contribution in [0.4, 0.5) is 17.1 Å². The normalized spacial score (nSPS) is 11.7. The number of nitrogens with zero attached hydrogens (tertiary/aromatic N) is 1. The second-order valence-corrected chi connectivity index (χ2v) is 12.7. The van der Waals surface area contributed by atoms with Crippen molar-refractivity contribution >= 4 is 75.8 Å². The third-order valence-corrected chi connectivity index (χ3v) is 9.02. The molecule has 0 bridgehead atoms. The van der Waals surface area contributed by atoms with Gasteiger partial charge in [0.15, 0.2) is 0 Å². The van der Waals surface area contributed by atoms with Crippen LogP contribution in [0.1, 0.15) is 32.3 Å². The second kappa shape index (κ2) is 16.1. The number of amides is 3. The summed E-state index contributed by atoms with van der Waals surface area (Å²) in [6, 6.07) is 33.6. The van der Waals surface area contributed by atoms with Crippen LogP contribution >= 0.6 is 35.0 Å². The number of carbonyl (C=O) groups excluding carboxylic acids is 3. The molecule has 3 N–H and O–H groups in total. The molecule has 0 aliphatic heterocycles. The molecule has 5 aromatic carbocycles. The summed E-state index contributed by atoms with van der Waals surface area (Å²) in [5, 5.41) is 19.7. The van der Waals surface area contributed by atoms with Crippen LogP contribution < -0.4 is 16.0 Å². The van der Waals surface area contributed by atoms with Gasteiger partial charge in [-0.25, -0.2) is 0 Å². The average Bonchev–Trinajstić information content (AvgIpc) is 3.10. The first-order valence-electron chi connectivity index (χ1n) is 14.8. The van der Waals surface area contributed by atoms with Crippen LogP contribution in [-0.4, -0.2) is 22.6 Å². The van der Waals surface area contributed by atoms with Gasteiger partial charge in [0.05, 0.1) is 10.6 Å². The zero-order valence-electron chi connectivity index (χ0n) is 25.9. The third kappa shape index (κ3) is 9.35. The van der Waals surface area contributed by atoms with E-state index in [1.165, 1.54) is 36.0 Å². The van der Waals surface area contributed by atoms with Gasteiger partial charge in [0.25, 0.3) is 17.5 Å². The molecule has 9 nitrogen and oxygen atoms in total. The Labute approximate surface area is 296 Å². The first kappa shape index (κ1) is 34.9. The molecule has 246 valence electrons. The summed E-state index contributed by atoms with van der Waals surface area (Å²) in [6.07, 6.45) is 1.46. The fraction of sp³-hybridized carbons (Fsp3) is 0.0541. The lowest BCUT2D eigenvalue weighted by Gasteiger charge is -2.18. The molecule has 0 spiro atoms. The molecule has 0 fully saturated rings. The molecule has 0 heterocycles. The minimum absolute atomic E-state index is 0.0474. The Morgan fingerprint density at radius 1 is 0.816 bits per heavy atom. The number of nitrogens with one attached hydrogen (secondary N) is 3. The van der Waals surface area contributed by atoms with Gasteiger partial charge in [-0.1, -0.05) is 83.9 Å². The molecule has 12 heteroatoms. The summed E-state index contributed by atoms with van der Waals surface area (Å²) in [4.78, 5) is 51.6. The first-order chi connectivity index (χ1) is 23.6. The second-order valence-electron chi connectivity index (χ2n) is 10.7. The Morgan fingerprint density at radius 2 is 1.49 bits per heavy atom. The zero-order chi connectivity index (χ0) is 34.9. The van der Waals surface area contributed by atoms with Gasteiger partial charge in [-0.3, -0.25) is 24.5 Å². The lowest BCUT2D eigenvalue weighted by Crippen LogP contribution is -2.30. The standard InChI is InChI=1S/C37H28Cl2N4O5S/c1-23-12-17-29(43(47)48)22-32(23)41-37(46)34(24-8-4-2-5-9-24)49-30-18-15-28(16-19-30)40-36(45)33(20-26-13-14-27(38)21-31(26)39)42-35(44)25-10-6-3-7-11-25/h2-22,34H,1H3,(H,40,45)(H,41,46)(H,42,44)/b33-20-. The summed E-state index contributed by atoms with van der Waals surface area (Å²) >= 11 is 13.7. The third-order valence-electron chi connectivity index (χ3n) is 7.19. The maximum absolute atomic E-state index is 13.6. The number of carbonyl (C=O) groups is 3. The van der Waals surface area contributed by atoms with E-state index in [1.54, 1.807) is 79.7 Å². The van der Waals surface area contributed by atoms with E-state index in [9.17, 15) is 24.5 Å². The van der Waals surface area contributed by atoms with Crippen molar-refractivity contribution in [3.63, 3.8) is 0 Å². The van der Waals surface area contributed by atoms with E-state index in [0.717, 1.165) is 10.5 Å². The molecule has 49 heavy (non-hydrogen) atoms. The first-order valence-corrected chi connectivity index (χ1v) is 16.4. The number of nitro benzene ring substituents is 1. The van der Waals surface area contributed by atoms with Crippen molar-refractivity contribution in [2.45, 2.75) is 17.1 Å². The Hall–Kier alpha value is -5.42. The van der Waals surface area contributed by atoms with E-state index in [0.29, 0.717) is 38.1 Å². The van der Waals surface area contributed by atoms with Crippen molar-refractivity contribution in [2.24, 2.45) is 0 Å². The van der Waals surface area contributed by atoms with Crippen molar-refractivity contribution in [3.8, 4) is 0 Å².